The SMILES string of the molecule is C[C@H]1C[C@H](Nc2ncncc2C(=O)c2cc(CCc3ccccc3)cs2)C[C@@H]1CO. The van der Waals surface area contributed by atoms with Gasteiger partial charge in [0.1, 0.15) is 12.1 Å². The lowest BCUT2D eigenvalue weighted by Crippen LogP contribution is -2.19. The molecule has 0 bridgehead atoms. The third-order valence-corrected chi connectivity index (χ3v) is 6.98. The number of hydrogen-bond donors (Lipinski definition) is 2. The van der Waals surface area contributed by atoms with Crippen molar-refractivity contribution in [3.8, 4) is 0 Å². The maximum atomic E-state index is 13.2. The smallest absolute Gasteiger partial charge is 0.208 e. The van der Waals surface area contributed by atoms with Crippen LogP contribution >= 0.6 is 11.3 Å². The molecule has 3 aromatic rings. The van der Waals surface area contributed by atoms with E-state index in [4.69, 9.17) is 0 Å². The Kier molecular flexibility index (Phi) is 6.55. The van der Waals surface area contributed by atoms with E-state index in [0.29, 0.717) is 28.1 Å². The first-order valence-electron chi connectivity index (χ1n) is 10.5. The largest absolute Gasteiger partial charge is 0.396 e. The number of aromatic nitrogens is 2. The van der Waals surface area contributed by atoms with Gasteiger partial charge in [0.15, 0.2) is 0 Å². The molecule has 30 heavy (non-hydrogen) atoms. The molecule has 0 aliphatic heterocycles. The van der Waals surface area contributed by atoms with E-state index in [9.17, 15) is 9.90 Å². The lowest BCUT2D eigenvalue weighted by atomic mass is 10.00. The maximum absolute atomic E-state index is 13.2. The molecule has 4 rings (SSSR count). The van der Waals surface area contributed by atoms with E-state index in [-0.39, 0.29) is 18.4 Å². The molecule has 0 spiro atoms. The second kappa shape index (κ2) is 9.49. The summed E-state index contributed by atoms with van der Waals surface area (Å²) >= 11 is 1.48. The summed E-state index contributed by atoms with van der Waals surface area (Å²) in [4.78, 5) is 22.3. The van der Waals surface area contributed by atoms with Crippen LogP contribution in [0.3, 0.4) is 0 Å². The molecule has 0 radical (unpaired) electrons. The summed E-state index contributed by atoms with van der Waals surface area (Å²) < 4.78 is 0. The van der Waals surface area contributed by atoms with Gasteiger partial charge < -0.3 is 10.4 Å². The summed E-state index contributed by atoms with van der Waals surface area (Å²) in [5.41, 5.74) is 2.98. The minimum absolute atomic E-state index is 0.0428. The van der Waals surface area contributed by atoms with Gasteiger partial charge >= 0.3 is 0 Å². The van der Waals surface area contributed by atoms with Crippen molar-refractivity contribution in [2.75, 3.05) is 11.9 Å². The number of anilines is 1. The number of hydrogen-bond acceptors (Lipinski definition) is 6. The van der Waals surface area contributed by atoms with Crippen molar-refractivity contribution < 1.29 is 9.90 Å². The number of aliphatic hydroxyl groups is 1. The Bertz CT molecular complexity index is 989. The standard InChI is InChI=1S/C24H27N3O2S/c1-16-9-20(11-19(16)13-28)27-24-21(12-25-15-26-24)23(29)22-10-18(14-30-22)8-7-17-5-3-2-4-6-17/h2-6,10,12,14-16,19-20,28H,7-9,11,13H2,1H3,(H,25,26,27)/t16-,19+,20-/m0/s1. The van der Waals surface area contributed by atoms with Crippen LogP contribution in [0.2, 0.25) is 0 Å². The van der Waals surface area contributed by atoms with E-state index in [1.807, 2.05) is 12.1 Å². The molecule has 2 aromatic heterocycles. The summed E-state index contributed by atoms with van der Waals surface area (Å²) in [5.74, 6) is 1.30. The highest BCUT2D eigenvalue weighted by molar-refractivity contribution is 7.12. The van der Waals surface area contributed by atoms with Crippen molar-refractivity contribution in [2.24, 2.45) is 11.8 Å². The number of nitrogens with zero attached hydrogens (tertiary/aromatic N) is 2. The molecular weight excluding hydrogens is 394 g/mol. The highest BCUT2D eigenvalue weighted by atomic mass is 32.1. The highest BCUT2D eigenvalue weighted by Gasteiger charge is 2.31. The summed E-state index contributed by atoms with van der Waals surface area (Å²) in [6.07, 6.45) is 6.79. The number of rotatable bonds is 8. The normalized spacial score (nSPS) is 20.9. The van der Waals surface area contributed by atoms with Crippen LogP contribution in [0.25, 0.3) is 0 Å². The summed E-state index contributed by atoms with van der Waals surface area (Å²) in [7, 11) is 0. The Morgan fingerprint density at radius 1 is 1.20 bits per heavy atom. The van der Waals surface area contributed by atoms with Crippen LogP contribution in [0.4, 0.5) is 5.82 Å². The molecule has 1 aliphatic rings. The number of carbonyl (C=O) groups excluding carboxylic acids is 1. The molecule has 0 saturated heterocycles. The van der Waals surface area contributed by atoms with Gasteiger partial charge in [-0.3, -0.25) is 4.79 Å². The van der Waals surface area contributed by atoms with Crippen molar-refractivity contribution >= 4 is 22.9 Å². The van der Waals surface area contributed by atoms with Gasteiger partial charge in [0, 0.05) is 18.8 Å². The van der Waals surface area contributed by atoms with Crippen molar-refractivity contribution in [1.82, 2.24) is 9.97 Å². The van der Waals surface area contributed by atoms with Gasteiger partial charge in [0.2, 0.25) is 5.78 Å². The Hall–Kier alpha value is -2.57. The quantitative estimate of drug-likeness (QED) is 0.528. The molecule has 2 heterocycles. The van der Waals surface area contributed by atoms with E-state index in [2.05, 4.69) is 51.9 Å². The zero-order valence-electron chi connectivity index (χ0n) is 17.1. The average molecular weight is 422 g/mol. The second-order valence-electron chi connectivity index (χ2n) is 8.15. The first-order valence-corrected chi connectivity index (χ1v) is 11.4. The van der Waals surface area contributed by atoms with Gasteiger partial charge in [0.05, 0.1) is 10.4 Å². The number of ketones is 1. The first kappa shape index (κ1) is 20.7. The minimum atomic E-state index is -0.0428. The van der Waals surface area contributed by atoms with Crippen LogP contribution in [-0.2, 0) is 12.8 Å². The van der Waals surface area contributed by atoms with Crippen molar-refractivity contribution in [1.29, 1.82) is 0 Å². The van der Waals surface area contributed by atoms with E-state index in [1.165, 1.54) is 28.8 Å². The van der Waals surface area contributed by atoms with Gasteiger partial charge in [-0.1, -0.05) is 37.3 Å². The summed E-state index contributed by atoms with van der Waals surface area (Å²) in [6.45, 7) is 2.37. The number of thiophene rings is 1. The Morgan fingerprint density at radius 3 is 2.77 bits per heavy atom. The van der Waals surface area contributed by atoms with Gasteiger partial charge in [-0.2, -0.15) is 0 Å². The predicted octanol–water partition coefficient (Wildman–Crippen LogP) is 4.37. The van der Waals surface area contributed by atoms with Crippen molar-refractivity contribution in [3.63, 3.8) is 0 Å². The number of benzene rings is 1. The Balaban J connectivity index is 1.44. The number of carbonyl (C=O) groups is 1. The molecular formula is C24H27N3O2S. The van der Waals surface area contributed by atoms with Gasteiger partial charge in [-0.05, 0) is 60.1 Å². The molecule has 1 aromatic carbocycles. The van der Waals surface area contributed by atoms with Crippen LogP contribution in [0.15, 0.2) is 54.3 Å². The molecule has 5 nitrogen and oxygen atoms in total. The molecule has 1 aliphatic carbocycles. The highest BCUT2D eigenvalue weighted by Crippen LogP contribution is 2.33. The molecule has 3 atom stereocenters. The van der Waals surface area contributed by atoms with Crippen LogP contribution in [0.5, 0.6) is 0 Å². The van der Waals surface area contributed by atoms with E-state index < -0.39 is 0 Å². The van der Waals surface area contributed by atoms with Crippen LogP contribution in [0.1, 0.15) is 46.1 Å². The lowest BCUT2D eigenvalue weighted by molar-refractivity contribution is 0.104. The lowest BCUT2D eigenvalue weighted by Gasteiger charge is -2.15. The Labute approximate surface area is 181 Å². The number of aliphatic hydroxyl groups excluding tert-OH is 1. The first-order chi connectivity index (χ1) is 14.6. The van der Waals surface area contributed by atoms with Crippen LogP contribution in [0, 0.1) is 11.8 Å². The number of nitrogens with one attached hydrogen (secondary N) is 1. The maximum Gasteiger partial charge on any atom is 0.208 e. The fraction of sp³-hybridized carbons (Fsp3) is 0.375. The molecule has 1 fully saturated rings. The second-order valence-corrected chi connectivity index (χ2v) is 9.06. The molecule has 0 unspecified atom stereocenters. The minimum Gasteiger partial charge on any atom is -0.396 e. The third-order valence-electron chi connectivity index (χ3n) is 6.00. The molecule has 0 amide bonds. The number of aryl methyl sites for hydroxylation is 2. The van der Waals surface area contributed by atoms with E-state index in [1.54, 1.807) is 6.20 Å². The van der Waals surface area contributed by atoms with Gasteiger partial charge in [0.25, 0.3) is 0 Å². The topological polar surface area (TPSA) is 75.1 Å². The molecule has 2 N–H and O–H groups in total. The molecule has 6 heteroatoms. The molecule has 156 valence electrons. The van der Waals surface area contributed by atoms with Crippen molar-refractivity contribution in [2.45, 2.75) is 38.6 Å². The fourth-order valence-corrected chi connectivity index (χ4v) is 5.10. The van der Waals surface area contributed by atoms with E-state index >= 15 is 0 Å². The van der Waals surface area contributed by atoms with Gasteiger partial charge in [-0.25, -0.2) is 9.97 Å². The zero-order chi connectivity index (χ0) is 20.9. The summed E-state index contributed by atoms with van der Waals surface area (Å²) in [6, 6.07) is 12.6. The zero-order valence-corrected chi connectivity index (χ0v) is 17.9. The third kappa shape index (κ3) is 4.77. The molecule has 1 saturated carbocycles. The predicted molar refractivity (Wildman–Crippen MR) is 120 cm³/mol. The van der Waals surface area contributed by atoms with Gasteiger partial charge in [-0.15, -0.1) is 11.3 Å². The van der Waals surface area contributed by atoms with Crippen molar-refractivity contribution in [3.05, 3.63) is 75.9 Å². The average Bonchev–Trinajstić information content (AvgIpc) is 3.39. The van der Waals surface area contributed by atoms with E-state index in [0.717, 1.165) is 25.7 Å². The fourth-order valence-electron chi connectivity index (χ4n) is 4.20. The monoisotopic (exact) mass is 421 g/mol. The van der Waals surface area contributed by atoms with Crippen LogP contribution in [-0.4, -0.2) is 33.5 Å². The summed E-state index contributed by atoms with van der Waals surface area (Å²) in [5, 5.41) is 15.0. The Morgan fingerprint density at radius 2 is 2.00 bits per heavy atom. The van der Waals surface area contributed by atoms with Crippen LogP contribution < -0.4 is 5.32 Å².